The molecule has 0 saturated heterocycles. The van der Waals surface area contributed by atoms with Gasteiger partial charge in [-0.15, -0.1) is 0 Å². The topological polar surface area (TPSA) is 38.0 Å². The molecule has 1 aliphatic carbocycles. The Morgan fingerprint density at radius 3 is 2.23 bits per heavy atom. The van der Waals surface area contributed by atoms with Crippen LogP contribution in [0.1, 0.15) is 40.5 Å². The monoisotopic (exact) mass is 184 g/mol. The Kier molecular flexibility index (Phi) is 3.03. The molecule has 0 aromatic carbocycles. The molecular formula is C11H24N2. The highest BCUT2D eigenvalue weighted by Gasteiger charge is 2.44. The van der Waals surface area contributed by atoms with E-state index in [0.717, 1.165) is 19.0 Å². The Morgan fingerprint density at radius 1 is 1.38 bits per heavy atom. The fourth-order valence-electron chi connectivity index (χ4n) is 1.75. The van der Waals surface area contributed by atoms with Crippen molar-refractivity contribution in [3.8, 4) is 0 Å². The normalized spacial score (nSPS) is 20.8. The molecule has 0 unspecified atom stereocenters. The molecular weight excluding hydrogens is 160 g/mol. The van der Waals surface area contributed by atoms with E-state index >= 15 is 0 Å². The molecule has 0 bridgehead atoms. The van der Waals surface area contributed by atoms with Crippen LogP contribution in [0.3, 0.4) is 0 Å². The van der Waals surface area contributed by atoms with Crippen LogP contribution in [0.15, 0.2) is 0 Å². The van der Waals surface area contributed by atoms with Gasteiger partial charge < -0.3 is 11.1 Å². The van der Waals surface area contributed by atoms with Crippen LogP contribution in [0.5, 0.6) is 0 Å². The molecule has 0 radical (unpaired) electrons. The SMILES string of the molecule is CC(C)C1(CNCC(C)(C)N)CC1. The number of hydrogen-bond acceptors (Lipinski definition) is 2. The first-order chi connectivity index (χ1) is 5.86. The van der Waals surface area contributed by atoms with Gasteiger partial charge in [0.1, 0.15) is 0 Å². The van der Waals surface area contributed by atoms with Gasteiger partial charge in [0.15, 0.2) is 0 Å². The molecule has 0 amide bonds. The van der Waals surface area contributed by atoms with Gasteiger partial charge in [0, 0.05) is 18.6 Å². The molecule has 2 nitrogen and oxygen atoms in total. The van der Waals surface area contributed by atoms with E-state index in [0.29, 0.717) is 5.41 Å². The largest absolute Gasteiger partial charge is 0.324 e. The van der Waals surface area contributed by atoms with Crippen molar-refractivity contribution in [2.45, 2.75) is 46.1 Å². The molecule has 78 valence electrons. The van der Waals surface area contributed by atoms with Gasteiger partial charge in [-0.05, 0) is 38.0 Å². The highest BCUT2D eigenvalue weighted by atomic mass is 14.9. The Hall–Kier alpha value is -0.0800. The second-order valence-corrected chi connectivity index (χ2v) is 5.61. The van der Waals surface area contributed by atoms with Crippen LogP contribution in [0.2, 0.25) is 0 Å². The third-order valence-corrected chi connectivity index (χ3v) is 3.17. The number of hydrogen-bond donors (Lipinski definition) is 2. The van der Waals surface area contributed by atoms with Crippen molar-refractivity contribution in [1.82, 2.24) is 5.32 Å². The van der Waals surface area contributed by atoms with E-state index in [4.69, 9.17) is 5.73 Å². The van der Waals surface area contributed by atoms with Crippen molar-refractivity contribution in [1.29, 1.82) is 0 Å². The van der Waals surface area contributed by atoms with Crippen LogP contribution >= 0.6 is 0 Å². The minimum Gasteiger partial charge on any atom is -0.324 e. The molecule has 1 saturated carbocycles. The smallest absolute Gasteiger partial charge is 0.0223 e. The predicted octanol–water partition coefficient (Wildman–Crippen LogP) is 1.75. The Morgan fingerprint density at radius 2 is 1.92 bits per heavy atom. The van der Waals surface area contributed by atoms with Crippen LogP contribution in [0.25, 0.3) is 0 Å². The molecule has 0 atom stereocenters. The van der Waals surface area contributed by atoms with Crippen molar-refractivity contribution >= 4 is 0 Å². The summed E-state index contributed by atoms with van der Waals surface area (Å²) in [5.74, 6) is 0.806. The lowest BCUT2D eigenvalue weighted by molar-refractivity contribution is 0.324. The number of nitrogens with one attached hydrogen (secondary N) is 1. The Labute approximate surface area is 82.3 Å². The summed E-state index contributed by atoms with van der Waals surface area (Å²) in [6.45, 7) is 10.8. The quantitative estimate of drug-likeness (QED) is 0.683. The lowest BCUT2D eigenvalue weighted by atomic mass is 9.92. The average Bonchev–Trinajstić information content (AvgIpc) is 2.65. The lowest BCUT2D eigenvalue weighted by Crippen LogP contribution is -2.45. The minimum absolute atomic E-state index is 0.0763. The van der Waals surface area contributed by atoms with Crippen LogP contribution < -0.4 is 11.1 Å². The van der Waals surface area contributed by atoms with Gasteiger partial charge in [-0.2, -0.15) is 0 Å². The highest BCUT2D eigenvalue weighted by Crippen LogP contribution is 2.51. The van der Waals surface area contributed by atoms with Crippen molar-refractivity contribution in [3.05, 3.63) is 0 Å². The van der Waals surface area contributed by atoms with E-state index in [2.05, 4.69) is 33.0 Å². The average molecular weight is 184 g/mol. The molecule has 13 heavy (non-hydrogen) atoms. The standard InChI is InChI=1S/C11H24N2/c1-9(2)11(5-6-11)8-13-7-10(3,4)12/h9,13H,5-8,12H2,1-4H3. The van der Waals surface area contributed by atoms with E-state index in [9.17, 15) is 0 Å². The van der Waals surface area contributed by atoms with Crippen molar-refractivity contribution in [2.24, 2.45) is 17.1 Å². The van der Waals surface area contributed by atoms with Gasteiger partial charge in [0.05, 0.1) is 0 Å². The van der Waals surface area contributed by atoms with Gasteiger partial charge in [-0.25, -0.2) is 0 Å². The first kappa shape index (κ1) is 11.0. The first-order valence-electron chi connectivity index (χ1n) is 5.35. The maximum Gasteiger partial charge on any atom is 0.0223 e. The summed E-state index contributed by atoms with van der Waals surface area (Å²) in [5.41, 5.74) is 6.42. The fourth-order valence-corrected chi connectivity index (χ4v) is 1.75. The molecule has 0 aliphatic heterocycles. The number of rotatable bonds is 5. The van der Waals surface area contributed by atoms with Crippen LogP contribution in [0, 0.1) is 11.3 Å². The third-order valence-electron chi connectivity index (χ3n) is 3.17. The summed E-state index contributed by atoms with van der Waals surface area (Å²) in [7, 11) is 0. The molecule has 3 N–H and O–H groups in total. The first-order valence-corrected chi connectivity index (χ1v) is 5.35. The zero-order valence-electron chi connectivity index (χ0n) is 9.48. The van der Waals surface area contributed by atoms with Gasteiger partial charge in [0.25, 0.3) is 0 Å². The van der Waals surface area contributed by atoms with Gasteiger partial charge >= 0.3 is 0 Å². The summed E-state index contributed by atoms with van der Waals surface area (Å²) in [5, 5.41) is 3.48. The van der Waals surface area contributed by atoms with Gasteiger partial charge in [-0.3, -0.25) is 0 Å². The summed E-state index contributed by atoms with van der Waals surface area (Å²) < 4.78 is 0. The summed E-state index contributed by atoms with van der Waals surface area (Å²) in [6, 6.07) is 0. The minimum atomic E-state index is -0.0763. The van der Waals surface area contributed by atoms with E-state index in [-0.39, 0.29) is 5.54 Å². The molecule has 0 spiro atoms. The van der Waals surface area contributed by atoms with Gasteiger partial charge in [-0.1, -0.05) is 13.8 Å². The Balaban J connectivity index is 2.20. The number of nitrogens with two attached hydrogens (primary N) is 1. The molecule has 1 fully saturated rings. The molecule has 1 rings (SSSR count). The molecule has 0 heterocycles. The molecule has 0 aromatic rings. The summed E-state index contributed by atoms with van der Waals surface area (Å²) >= 11 is 0. The van der Waals surface area contributed by atoms with Crippen LogP contribution in [-0.2, 0) is 0 Å². The zero-order chi connectivity index (χ0) is 10.1. The van der Waals surface area contributed by atoms with E-state index in [1.807, 2.05) is 0 Å². The zero-order valence-corrected chi connectivity index (χ0v) is 9.48. The lowest BCUT2D eigenvalue weighted by Gasteiger charge is -2.24. The highest BCUT2D eigenvalue weighted by molar-refractivity contribution is 4.97. The van der Waals surface area contributed by atoms with Crippen LogP contribution in [0.4, 0.5) is 0 Å². The second kappa shape index (κ2) is 3.58. The van der Waals surface area contributed by atoms with Crippen molar-refractivity contribution in [3.63, 3.8) is 0 Å². The van der Waals surface area contributed by atoms with Crippen LogP contribution in [-0.4, -0.2) is 18.6 Å². The Bertz CT molecular complexity index is 163. The fraction of sp³-hybridized carbons (Fsp3) is 1.00. The van der Waals surface area contributed by atoms with E-state index < -0.39 is 0 Å². The van der Waals surface area contributed by atoms with E-state index in [1.165, 1.54) is 12.8 Å². The second-order valence-electron chi connectivity index (χ2n) is 5.61. The molecule has 0 aromatic heterocycles. The van der Waals surface area contributed by atoms with E-state index in [1.54, 1.807) is 0 Å². The van der Waals surface area contributed by atoms with Gasteiger partial charge in [0.2, 0.25) is 0 Å². The molecule has 1 aliphatic rings. The van der Waals surface area contributed by atoms with Crippen molar-refractivity contribution < 1.29 is 0 Å². The maximum atomic E-state index is 5.90. The summed E-state index contributed by atoms with van der Waals surface area (Å²) in [6.07, 6.45) is 2.78. The summed E-state index contributed by atoms with van der Waals surface area (Å²) in [4.78, 5) is 0. The van der Waals surface area contributed by atoms with Crippen molar-refractivity contribution in [2.75, 3.05) is 13.1 Å². The molecule has 2 heteroatoms. The maximum absolute atomic E-state index is 5.90. The third kappa shape index (κ3) is 3.28. The predicted molar refractivity (Wildman–Crippen MR) is 57.6 cm³/mol.